The second-order valence-corrected chi connectivity index (χ2v) is 6.88. The molecule has 4 heteroatoms. The van der Waals surface area contributed by atoms with Crippen molar-refractivity contribution in [1.29, 1.82) is 0 Å². The summed E-state index contributed by atoms with van der Waals surface area (Å²) in [5, 5.41) is 2.52. The van der Waals surface area contributed by atoms with Gasteiger partial charge in [-0.2, -0.15) is 0 Å². The number of rotatable bonds is 6. The van der Waals surface area contributed by atoms with Crippen molar-refractivity contribution in [1.82, 2.24) is 5.32 Å². The van der Waals surface area contributed by atoms with Crippen LogP contribution in [-0.2, 0) is 9.84 Å². The summed E-state index contributed by atoms with van der Waals surface area (Å²) in [5.41, 5.74) is 0. The van der Waals surface area contributed by atoms with E-state index in [4.69, 9.17) is 0 Å². The molecule has 0 heterocycles. The lowest BCUT2D eigenvalue weighted by atomic mass is 10.2. The Hall–Kier alpha value is -0.0900. The van der Waals surface area contributed by atoms with Gasteiger partial charge < -0.3 is 5.32 Å². The molecule has 0 spiro atoms. The highest BCUT2D eigenvalue weighted by atomic mass is 32.2. The summed E-state index contributed by atoms with van der Waals surface area (Å²) in [6.45, 7) is 10.8. The maximum absolute atomic E-state index is 11.9. The number of sulfone groups is 1. The van der Waals surface area contributed by atoms with Gasteiger partial charge in [0.1, 0.15) is 0 Å². The molecule has 0 saturated carbocycles. The predicted octanol–water partition coefficient (Wildman–Crippen LogP) is 1.44. The third-order valence-electron chi connectivity index (χ3n) is 2.70. The summed E-state index contributed by atoms with van der Waals surface area (Å²) in [5.74, 6) is 0.184. The minimum atomic E-state index is -2.97. The highest BCUT2D eigenvalue weighted by molar-refractivity contribution is 7.92. The zero-order valence-electron chi connectivity index (χ0n) is 9.87. The van der Waals surface area contributed by atoms with Crippen LogP contribution in [0.5, 0.6) is 0 Å². The van der Waals surface area contributed by atoms with Gasteiger partial charge in [0.15, 0.2) is 9.84 Å². The van der Waals surface area contributed by atoms with Gasteiger partial charge in [-0.05, 0) is 26.3 Å². The lowest BCUT2D eigenvalue weighted by molar-refractivity contribution is 0.530. The van der Waals surface area contributed by atoms with Crippen molar-refractivity contribution in [3.63, 3.8) is 0 Å². The highest BCUT2D eigenvalue weighted by Gasteiger charge is 2.29. The smallest absolute Gasteiger partial charge is 0.156 e. The SMILES string of the molecule is CCNCC(C)S(=O)(=O)C(C)C(C)C. The minimum Gasteiger partial charge on any atom is -0.316 e. The van der Waals surface area contributed by atoms with E-state index in [-0.39, 0.29) is 16.4 Å². The molecule has 0 fully saturated rings. The summed E-state index contributed by atoms with van der Waals surface area (Å²) in [6, 6.07) is 0. The van der Waals surface area contributed by atoms with Gasteiger partial charge in [0.25, 0.3) is 0 Å². The van der Waals surface area contributed by atoms with Crippen LogP contribution in [0.3, 0.4) is 0 Å². The molecule has 0 saturated heterocycles. The Balaban J connectivity index is 4.45. The molecule has 3 nitrogen and oxygen atoms in total. The Bertz CT molecular complexity index is 247. The quantitative estimate of drug-likeness (QED) is 0.738. The molecule has 0 amide bonds. The van der Waals surface area contributed by atoms with Crippen molar-refractivity contribution in [3.8, 4) is 0 Å². The standard InChI is InChI=1S/C10H23NO2S/c1-6-11-7-9(4)14(12,13)10(5)8(2)3/h8-11H,6-7H2,1-5H3. The predicted molar refractivity (Wildman–Crippen MR) is 61.2 cm³/mol. The highest BCUT2D eigenvalue weighted by Crippen LogP contribution is 2.16. The van der Waals surface area contributed by atoms with Crippen molar-refractivity contribution in [2.75, 3.05) is 13.1 Å². The van der Waals surface area contributed by atoms with Crippen LogP contribution in [-0.4, -0.2) is 32.0 Å². The fraction of sp³-hybridized carbons (Fsp3) is 1.00. The average Bonchev–Trinajstić information content (AvgIpc) is 2.12. The molecule has 2 unspecified atom stereocenters. The summed E-state index contributed by atoms with van der Waals surface area (Å²) in [7, 11) is -2.97. The first-order chi connectivity index (χ1) is 6.34. The third-order valence-corrected chi connectivity index (χ3v) is 5.57. The van der Waals surface area contributed by atoms with Crippen LogP contribution in [0.25, 0.3) is 0 Å². The van der Waals surface area contributed by atoms with Crippen molar-refractivity contribution in [2.24, 2.45) is 5.92 Å². The van der Waals surface area contributed by atoms with Gasteiger partial charge in [0.05, 0.1) is 10.5 Å². The Labute approximate surface area is 88.2 Å². The molecule has 0 aromatic heterocycles. The first-order valence-corrected chi connectivity index (χ1v) is 6.88. The number of hydrogen-bond donors (Lipinski definition) is 1. The van der Waals surface area contributed by atoms with Crippen LogP contribution < -0.4 is 5.32 Å². The van der Waals surface area contributed by atoms with E-state index < -0.39 is 9.84 Å². The molecule has 0 bridgehead atoms. The van der Waals surface area contributed by atoms with E-state index in [1.54, 1.807) is 13.8 Å². The van der Waals surface area contributed by atoms with Crippen LogP contribution in [0.2, 0.25) is 0 Å². The zero-order valence-corrected chi connectivity index (χ0v) is 10.7. The monoisotopic (exact) mass is 221 g/mol. The molecule has 86 valence electrons. The lowest BCUT2D eigenvalue weighted by Crippen LogP contribution is -2.38. The molecule has 14 heavy (non-hydrogen) atoms. The fourth-order valence-corrected chi connectivity index (χ4v) is 3.05. The number of nitrogens with one attached hydrogen (secondary N) is 1. The molecular weight excluding hydrogens is 198 g/mol. The molecule has 0 aliphatic rings. The van der Waals surface area contributed by atoms with Gasteiger partial charge in [-0.1, -0.05) is 20.8 Å². The van der Waals surface area contributed by atoms with Gasteiger partial charge in [-0.3, -0.25) is 0 Å². The molecule has 0 aliphatic carbocycles. The topological polar surface area (TPSA) is 46.2 Å². The van der Waals surface area contributed by atoms with E-state index in [0.717, 1.165) is 6.54 Å². The largest absolute Gasteiger partial charge is 0.316 e. The first kappa shape index (κ1) is 13.9. The molecule has 0 aromatic carbocycles. The summed E-state index contributed by atoms with van der Waals surface area (Å²) >= 11 is 0. The van der Waals surface area contributed by atoms with Gasteiger partial charge in [0.2, 0.25) is 0 Å². The van der Waals surface area contributed by atoms with Crippen LogP contribution in [0.4, 0.5) is 0 Å². The van der Waals surface area contributed by atoms with Gasteiger partial charge in [-0.15, -0.1) is 0 Å². The molecule has 0 radical (unpaired) electrons. The second kappa shape index (κ2) is 5.71. The molecule has 0 aliphatic heterocycles. The van der Waals surface area contributed by atoms with Crippen LogP contribution in [0.1, 0.15) is 34.6 Å². The summed E-state index contributed by atoms with van der Waals surface area (Å²) in [4.78, 5) is 0. The zero-order chi connectivity index (χ0) is 11.4. The van der Waals surface area contributed by atoms with Gasteiger partial charge in [-0.25, -0.2) is 8.42 Å². The average molecular weight is 221 g/mol. The Morgan fingerprint density at radius 1 is 1.14 bits per heavy atom. The molecule has 2 atom stereocenters. The fourth-order valence-electron chi connectivity index (χ4n) is 1.21. The van der Waals surface area contributed by atoms with E-state index in [9.17, 15) is 8.42 Å². The van der Waals surface area contributed by atoms with Crippen molar-refractivity contribution >= 4 is 9.84 Å². The van der Waals surface area contributed by atoms with E-state index in [1.807, 2.05) is 20.8 Å². The minimum absolute atomic E-state index is 0.184. The molecule has 0 aromatic rings. The number of hydrogen-bond acceptors (Lipinski definition) is 3. The van der Waals surface area contributed by atoms with Crippen molar-refractivity contribution in [3.05, 3.63) is 0 Å². The van der Waals surface area contributed by atoms with Crippen LogP contribution in [0, 0.1) is 5.92 Å². The Morgan fingerprint density at radius 2 is 1.64 bits per heavy atom. The summed E-state index contributed by atoms with van der Waals surface area (Å²) in [6.07, 6.45) is 0. The van der Waals surface area contributed by atoms with Crippen LogP contribution >= 0.6 is 0 Å². The normalized spacial score (nSPS) is 17.0. The van der Waals surface area contributed by atoms with E-state index >= 15 is 0 Å². The first-order valence-electron chi connectivity index (χ1n) is 5.27. The van der Waals surface area contributed by atoms with E-state index in [2.05, 4.69) is 5.32 Å². The molecular formula is C10H23NO2S. The third kappa shape index (κ3) is 3.58. The lowest BCUT2D eigenvalue weighted by Gasteiger charge is -2.21. The van der Waals surface area contributed by atoms with Gasteiger partial charge in [0, 0.05) is 6.54 Å². The van der Waals surface area contributed by atoms with E-state index in [0.29, 0.717) is 6.54 Å². The van der Waals surface area contributed by atoms with Gasteiger partial charge >= 0.3 is 0 Å². The molecule has 0 rings (SSSR count). The molecule has 1 N–H and O–H groups in total. The van der Waals surface area contributed by atoms with Crippen molar-refractivity contribution < 1.29 is 8.42 Å². The van der Waals surface area contributed by atoms with Crippen LogP contribution in [0.15, 0.2) is 0 Å². The maximum Gasteiger partial charge on any atom is 0.156 e. The van der Waals surface area contributed by atoms with Crippen molar-refractivity contribution in [2.45, 2.75) is 45.1 Å². The van der Waals surface area contributed by atoms with E-state index in [1.165, 1.54) is 0 Å². The maximum atomic E-state index is 11.9. The Morgan fingerprint density at radius 3 is 2.00 bits per heavy atom. The Kier molecular flexibility index (Phi) is 5.67. The second-order valence-electron chi connectivity index (χ2n) is 4.16. The summed E-state index contributed by atoms with van der Waals surface area (Å²) < 4.78 is 23.9.